The van der Waals surface area contributed by atoms with Crippen LogP contribution in [0.1, 0.15) is 24.8 Å². The topological polar surface area (TPSA) is 84.5 Å². The van der Waals surface area contributed by atoms with Gasteiger partial charge >= 0.3 is 0 Å². The van der Waals surface area contributed by atoms with E-state index in [2.05, 4.69) is 10.0 Å². The second-order valence-electron chi connectivity index (χ2n) is 6.43. The molecule has 0 saturated heterocycles. The largest absolute Gasteiger partial charge is 0.495 e. The van der Waals surface area contributed by atoms with Crippen molar-refractivity contribution in [3.8, 4) is 5.75 Å². The normalized spacial score (nSPS) is 14.0. The van der Waals surface area contributed by atoms with E-state index >= 15 is 0 Å². The molecule has 0 bridgehead atoms. The molecule has 0 spiro atoms. The Bertz CT molecular complexity index is 925. The number of nitrogens with one attached hydrogen (secondary N) is 2. The number of carbonyl (C=O) groups is 1. The van der Waals surface area contributed by atoms with Gasteiger partial charge in [0.1, 0.15) is 5.75 Å². The SMILES string of the molecule is COc1ccc(S(=O)(=O)NC2CC2)cc1NC(=O)CCc1ccc(Cl)cc1. The monoisotopic (exact) mass is 408 g/mol. The van der Waals surface area contributed by atoms with Crippen LogP contribution in [0.15, 0.2) is 47.4 Å². The standard InChI is InChI=1S/C19H21ClN2O4S/c1-26-18-10-9-16(27(24,25)22-15-7-8-15)12-17(18)21-19(23)11-4-13-2-5-14(20)6-3-13/h2-3,5-6,9-10,12,15,22H,4,7-8,11H2,1H3,(H,21,23). The van der Waals surface area contributed by atoms with Crippen LogP contribution in [0.4, 0.5) is 5.69 Å². The lowest BCUT2D eigenvalue weighted by atomic mass is 10.1. The highest BCUT2D eigenvalue weighted by Crippen LogP contribution is 2.29. The van der Waals surface area contributed by atoms with Gasteiger partial charge in [-0.1, -0.05) is 23.7 Å². The van der Waals surface area contributed by atoms with E-state index in [0.717, 1.165) is 18.4 Å². The van der Waals surface area contributed by atoms with Gasteiger partial charge < -0.3 is 10.1 Å². The van der Waals surface area contributed by atoms with Gasteiger partial charge in [0.05, 0.1) is 17.7 Å². The molecule has 0 aliphatic heterocycles. The number of hydrogen-bond acceptors (Lipinski definition) is 4. The Morgan fingerprint density at radius 1 is 1.19 bits per heavy atom. The molecule has 1 amide bonds. The Hall–Kier alpha value is -2.09. The molecule has 27 heavy (non-hydrogen) atoms. The highest BCUT2D eigenvalue weighted by molar-refractivity contribution is 7.89. The molecule has 3 rings (SSSR count). The smallest absolute Gasteiger partial charge is 0.240 e. The number of carbonyl (C=O) groups excluding carboxylic acids is 1. The maximum absolute atomic E-state index is 12.4. The van der Waals surface area contributed by atoms with Gasteiger partial charge in [-0.05, 0) is 55.2 Å². The molecular weight excluding hydrogens is 388 g/mol. The number of methoxy groups -OCH3 is 1. The first kappa shape index (κ1) is 19.7. The maximum atomic E-state index is 12.4. The Morgan fingerprint density at radius 2 is 1.89 bits per heavy atom. The minimum atomic E-state index is -3.61. The summed E-state index contributed by atoms with van der Waals surface area (Å²) in [6.45, 7) is 0. The number of benzene rings is 2. The summed E-state index contributed by atoms with van der Waals surface area (Å²) in [7, 11) is -2.14. The average Bonchev–Trinajstić information content (AvgIpc) is 3.44. The summed E-state index contributed by atoms with van der Waals surface area (Å²) in [5.74, 6) is 0.174. The minimum Gasteiger partial charge on any atom is -0.495 e. The lowest BCUT2D eigenvalue weighted by Gasteiger charge is -2.13. The van der Waals surface area contributed by atoms with Gasteiger partial charge in [-0.2, -0.15) is 0 Å². The lowest BCUT2D eigenvalue weighted by Crippen LogP contribution is -2.26. The van der Waals surface area contributed by atoms with Crippen LogP contribution in [-0.2, 0) is 21.2 Å². The number of ether oxygens (including phenoxy) is 1. The zero-order valence-corrected chi connectivity index (χ0v) is 16.4. The molecule has 2 N–H and O–H groups in total. The quantitative estimate of drug-likeness (QED) is 0.701. The van der Waals surface area contributed by atoms with Crippen LogP contribution in [0.5, 0.6) is 5.75 Å². The summed E-state index contributed by atoms with van der Waals surface area (Å²) in [4.78, 5) is 12.4. The van der Waals surface area contributed by atoms with Crippen molar-refractivity contribution in [3.05, 3.63) is 53.1 Å². The molecule has 6 nitrogen and oxygen atoms in total. The number of aryl methyl sites for hydroxylation is 1. The number of rotatable bonds is 8. The zero-order chi connectivity index (χ0) is 19.4. The third-order valence-corrected chi connectivity index (χ3v) is 5.98. The predicted octanol–water partition coefficient (Wildman–Crippen LogP) is 3.36. The van der Waals surface area contributed by atoms with E-state index in [1.54, 1.807) is 12.1 Å². The summed E-state index contributed by atoms with van der Waals surface area (Å²) >= 11 is 5.85. The van der Waals surface area contributed by atoms with Crippen LogP contribution in [-0.4, -0.2) is 27.5 Å². The van der Waals surface area contributed by atoms with E-state index in [9.17, 15) is 13.2 Å². The van der Waals surface area contributed by atoms with Crippen molar-refractivity contribution in [2.24, 2.45) is 0 Å². The second-order valence-corrected chi connectivity index (χ2v) is 8.58. The molecule has 0 unspecified atom stereocenters. The molecule has 2 aromatic carbocycles. The van der Waals surface area contributed by atoms with Gasteiger partial charge in [0, 0.05) is 17.5 Å². The fourth-order valence-corrected chi connectivity index (χ4v) is 4.02. The molecule has 0 atom stereocenters. The Labute approximate surface area is 163 Å². The van der Waals surface area contributed by atoms with E-state index in [0.29, 0.717) is 22.9 Å². The fourth-order valence-electron chi connectivity index (χ4n) is 2.56. The highest BCUT2D eigenvalue weighted by Gasteiger charge is 2.28. The maximum Gasteiger partial charge on any atom is 0.240 e. The average molecular weight is 409 g/mol. The van der Waals surface area contributed by atoms with E-state index in [1.165, 1.54) is 25.3 Å². The van der Waals surface area contributed by atoms with E-state index < -0.39 is 10.0 Å². The summed E-state index contributed by atoms with van der Waals surface area (Å²) in [5.41, 5.74) is 1.32. The Balaban J connectivity index is 1.69. The molecule has 1 aliphatic carbocycles. The van der Waals surface area contributed by atoms with Crippen LogP contribution >= 0.6 is 11.6 Å². The van der Waals surface area contributed by atoms with Crippen molar-refractivity contribution in [1.82, 2.24) is 4.72 Å². The second kappa shape index (κ2) is 8.29. The van der Waals surface area contributed by atoms with Crippen LogP contribution < -0.4 is 14.8 Å². The molecule has 1 saturated carbocycles. The van der Waals surface area contributed by atoms with Crippen LogP contribution in [0.3, 0.4) is 0 Å². The van der Waals surface area contributed by atoms with E-state index in [4.69, 9.17) is 16.3 Å². The molecule has 2 aromatic rings. The first-order chi connectivity index (χ1) is 12.9. The number of amides is 1. The van der Waals surface area contributed by atoms with Crippen LogP contribution in [0.2, 0.25) is 5.02 Å². The van der Waals surface area contributed by atoms with Crippen LogP contribution in [0, 0.1) is 0 Å². The lowest BCUT2D eigenvalue weighted by molar-refractivity contribution is -0.116. The fraction of sp³-hybridized carbons (Fsp3) is 0.316. The molecule has 0 aromatic heterocycles. The predicted molar refractivity (Wildman–Crippen MR) is 105 cm³/mol. The Kier molecular flexibility index (Phi) is 6.04. The van der Waals surface area contributed by atoms with Gasteiger partial charge in [0.15, 0.2) is 0 Å². The minimum absolute atomic E-state index is 0.00881. The summed E-state index contributed by atoms with van der Waals surface area (Å²) in [5, 5.41) is 3.39. The molecule has 0 radical (unpaired) electrons. The van der Waals surface area contributed by atoms with Crippen molar-refractivity contribution in [1.29, 1.82) is 0 Å². The van der Waals surface area contributed by atoms with Crippen molar-refractivity contribution in [2.45, 2.75) is 36.6 Å². The third-order valence-electron chi connectivity index (χ3n) is 4.21. The van der Waals surface area contributed by atoms with Crippen molar-refractivity contribution < 1.29 is 17.9 Å². The van der Waals surface area contributed by atoms with Gasteiger partial charge in [-0.25, -0.2) is 13.1 Å². The van der Waals surface area contributed by atoms with Crippen molar-refractivity contribution >= 4 is 33.2 Å². The Morgan fingerprint density at radius 3 is 2.52 bits per heavy atom. The molecule has 8 heteroatoms. The highest BCUT2D eigenvalue weighted by atomic mass is 35.5. The first-order valence-corrected chi connectivity index (χ1v) is 10.5. The third kappa shape index (κ3) is 5.45. The number of sulfonamides is 1. The summed E-state index contributed by atoms with van der Waals surface area (Å²) in [6.07, 6.45) is 2.50. The zero-order valence-electron chi connectivity index (χ0n) is 14.9. The number of hydrogen-bond donors (Lipinski definition) is 2. The summed E-state index contributed by atoms with van der Waals surface area (Å²) < 4.78 is 32.6. The van der Waals surface area contributed by atoms with E-state index in [-0.39, 0.29) is 23.3 Å². The molecule has 0 heterocycles. The number of anilines is 1. The number of halogens is 1. The van der Waals surface area contributed by atoms with Gasteiger partial charge in [-0.3, -0.25) is 4.79 Å². The van der Waals surface area contributed by atoms with Crippen molar-refractivity contribution in [3.63, 3.8) is 0 Å². The van der Waals surface area contributed by atoms with Crippen molar-refractivity contribution in [2.75, 3.05) is 12.4 Å². The molecule has 1 aliphatic rings. The van der Waals surface area contributed by atoms with Gasteiger partial charge in [-0.15, -0.1) is 0 Å². The van der Waals surface area contributed by atoms with E-state index in [1.807, 2.05) is 12.1 Å². The molecular formula is C19H21ClN2O4S. The molecule has 144 valence electrons. The molecule has 1 fully saturated rings. The van der Waals surface area contributed by atoms with Gasteiger partial charge in [0.2, 0.25) is 15.9 Å². The van der Waals surface area contributed by atoms with Crippen LogP contribution in [0.25, 0.3) is 0 Å². The first-order valence-electron chi connectivity index (χ1n) is 8.62. The van der Waals surface area contributed by atoms with Gasteiger partial charge in [0.25, 0.3) is 0 Å². The summed E-state index contributed by atoms with van der Waals surface area (Å²) in [6, 6.07) is 11.7.